The number of nitrogens with zero attached hydrogens (tertiary/aromatic N) is 5. The van der Waals surface area contributed by atoms with E-state index < -0.39 is 12.0 Å². The van der Waals surface area contributed by atoms with Crippen LogP contribution < -0.4 is 26.0 Å². The number of methoxy groups -OCH3 is 1. The Hall–Kier alpha value is -5.24. The zero-order valence-corrected chi connectivity index (χ0v) is 28.1. The Kier molecular flexibility index (Phi) is 11.8. The third-order valence-electron chi connectivity index (χ3n) is 7.18. The molecule has 0 unspecified atom stereocenters. The molecule has 0 saturated heterocycles. The second kappa shape index (κ2) is 16.5. The molecule has 0 atom stereocenters. The molecule has 48 heavy (non-hydrogen) atoms. The number of aromatic amines is 1. The molecule has 0 fully saturated rings. The third-order valence-corrected chi connectivity index (χ3v) is 9.61. The number of imidazole rings is 1. The van der Waals surface area contributed by atoms with Crippen LogP contribution in [0, 0.1) is 11.3 Å². The minimum Gasteiger partial charge on any atom is -0.471 e. The van der Waals surface area contributed by atoms with Gasteiger partial charge in [0.05, 0.1) is 24.5 Å². The number of nitriles is 1. The van der Waals surface area contributed by atoms with E-state index in [1.807, 2.05) is 54.4 Å². The molecule has 0 saturated carbocycles. The summed E-state index contributed by atoms with van der Waals surface area (Å²) in [5, 5.41) is 15.9. The number of nitrogens with one attached hydrogen (secondary N) is 3. The van der Waals surface area contributed by atoms with E-state index in [-0.39, 0.29) is 18.1 Å². The molecule has 14 nitrogen and oxygen atoms in total. The lowest BCUT2D eigenvalue weighted by atomic mass is 9.99. The standard InChI is InChI=1S/C32H35N9O5S2/c1-41(26-10-9-25(48-26)24-8-7-23(47-24)15-22(16-33)29(42)35-11-13-44-2)12-14-45-32(43)36-17-20-3-5-21(6-4-20)18-46-30-27-28(38-19-37-27)39-31(34)40-30/h3,5,7-10,15,19H,4,6,11-14,17-18H2,1-2H3,(H,35,42)(H,36,43)(H3,34,37,38,39,40)/b22-15+. The quantitative estimate of drug-likeness (QED) is 0.0791. The molecule has 1 aliphatic rings. The van der Waals surface area contributed by atoms with E-state index in [4.69, 9.17) is 19.9 Å². The molecule has 0 aliphatic heterocycles. The van der Waals surface area contributed by atoms with E-state index in [0.717, 1.165) is 43.6 Å². The van der Waals surface area contributed by atoms with E-state index >= 15 is 0 Å². The lowest BCUT2D eigenvalue weighted by Gasteiger charge is -2.18. The molecule has 0 aromatic carbocycles. The Bertz CT molecular complexity index is 1880. The van der Waals surface area contributed by atoms with Crippen molar-refractivity contribution in [2.45, 2.75) is 12.8 Å². The van der Waals surface area contributed by atoms with Gasteiger partial charge in [0.1, 0.15) is 24.9 Å². The van der Waals surface area contributed by atoms with Gasteiger partial charge < -0.3 is 40.5 Å². The van der Waals surface area contributed by atoms with Gasteiger partial charge in [-0.05, 0) is 48.8 Å². The molecular weight excluding hydrogens is 655 g/mol. The van der Waals surface area contributed by atoms with E-state index in [1.165, 1.54) is 17.7 Å². The van der Waals surface area contributed by atoms with Crippen molar-refractivity contribution < 1.29 is 23.8 Å². The van der Waals surface area contributed by atoms with Gasteiger partial charge in [0.15, 0.2) is 11.2 Å². The lowest BCUT2D eigenvalue weighted by molar-refractivity contribution is -0.117. The summed E-state index contributed by atoms with van der Waals surface area (Å²) in [5.74, 6) is 0.0199. The first kappa shape index (κ1) is 34.1. The average Bonchev–Trinajstić information content (AvgIpc) is 3.87. The van der Waals surface area contributed by atoms with Gasteiger partial charge in [-0.1, -0.05) is 17.7 Å². The highest BCUT2D eigenvalue weighted by Crippen LogP contribution is 2.37. The summed E-state index contributed by atoms with van der Waals surface area (Å²) in [6.45, 7) is 2.20. The van der Waals surface area contributed by atoms with Crippen LogP contribution >= 0.6 is 22.7 Å². The first-order valence-corrected chi connectivity index (χ1v) is 16.6. The summed E-state index contributed by atoms with van der Waals surface area (Å²) in [7, 11) is 3.49. The number of H-pyrrole nitrogens is 1. The summed E-state index contributed by atoms with van der Waals surface area (Å²) < 4.78 is 16.2. The zero-order chi connectivity index (χ0) is 33.9. The SMILES string of the molecule is COCCNC(=O)/C(C#N)=C/c1ccc(-c2ccc(N(C)CCOC(=O)NCC3=CC=C(COc4nc(N)nc5[nH]cnc45)CC3)s2)s1. The van der Waals surface area contributed by atoms with Crippen LogP contribution in [0.15, 0.2) is 59.5 Å². The van der Waals surface area contributed by atoms with Crippen molar-refractivity contribution in [3.05, 3.63) is 64.3 Å². The normalized spacial score (nSPS) is 13.0. The Labute approximate surface area is 284 Å². The zero-order valence-electron chi connectivity index (χ0n) is 26.4. The number of fused-ring (bicyclic) bond motifs is 1. The fourth-order valence-electron chi connectivity index (χ4n) is 4.58. The third kappa shape index (κ3) is 9.18. The molecule has 4 aromatic heterocycles. The van der Waals surface area contributed by atoms with Gasteiger partial charge in [-0.15, -0.1) is 22.7 Å². The molecule has 5 rings (SSSR count). The van der Waals surface area contributed by atoms with Gasteiger partial charge in [-0.2, -0.15) is 15.2 Å². The number of nitrogen functional groups attached to an aromatic ring is 1. The van der Waals surface area contributed by atoms with Crippen molar-refractivity contribution in [2.24, 2.45) is 0 Å². The van der Waals surface area contributed by atoms with Crippen molar-refractivity contribution in [3.63, 3.8) is 0 Å². The number of rotatable bonds is 15. The highest BCUT2D eigenvalue weighted by molar-refractivity contribution is 7.24. The van der Waals surface area contributed by atoms with Crippen molar-refractivity contribution >= 4 is 62.9 Å². The van der Waals surface area contributed by atoms with E-state index in [2.05, 4.69) is 30.6 Å². The van der Waals surface area contributed by atoms with Crippen LogP contribution in [0.4, 0.5) is 15.7 Å². The number of anilines is 2. The van der Waals surface area contributed by atoms with Crippen LogP contribution in [-0.4, -0.2) is 85.5 Å². The van der Waals surface area contributed by atoms with Crippen molar-refractivity contribution in [1.29, 1.82) is 5.26 Å². The molecular formula is C32H35N9O5S2. The van der Waals surface area contributed by atoms with Crippen molar-refractivity contribution in [1.82, 2.24) is 30.6 Å². The monoisotopic (exact) mass is 689 g/mol. The van der Waals surface area contributed by atoms with Gasteiger partial charge >= 0.3 is 6.09 Å². The van der Waals surface area contributed by atoms with Gasteiger partial charge in [-0.3, -0.25) is 4.79 Å². The van der Waals surface area contributed by atoms with Crippen LogP contribution in [0.5, 0.6) is 5.88 Å². The number of nitrogens with two attached hydrogens (primary N) is 1. The summed E-state index contributed by atoms with van der Waals surface area (Å²) in [6.07, 6.45) is 8.19. The summed E-state index contributed by atoms with van der Waals surface area (Å²) in [6, 6.07) is 9.87. The van der Waals surface area contributed by atoms with Crippen LogP contribution in [0.3, 0.4) is 0 Å². The van der Waals surface area contributed by atoms with Crippen LogP contribution in [-0.2, 0) is 14.3 Å². The number of carbonyl (C=O) groups excluding carboxylic acids is 2. The molecule has 2 amide bonds. The topological polar surface area (TPSA) is 193 Å². The Morgan fingerprint density at radius 2 is 1.90 bits per heavy atom. The number of thiophene rings is 2. The number of hydrogen-bond acceptors (Lipinski definition) is 13. The maximum Gasteiger partial charge on any atom is 0.407 e. The minimum absolute atomic E-state index is 0.0424. The molecule has 16 heteroatoms. The molecule has 0 bridgehead atoms. The average molecular weight is 690 g/mol. The minimum atomic E-state index is -0.470. The van der Waals surface area contributed by atoms with E-state index in [9.17, 15) is 14.9 Å². The molecule has 250 valence electrons. The lowest BCUT2D eigenvalue weighted by Crippen LogP contribution is -2.30. The number of ether oxygens (including phenoxy) is 3. The second-order valence-corrected chi connectivity index (χ2v) is 12.8. The predicted octanol–water partition coefficient (Wildman–Crippen LogP) is 4.28. The van der Waals surface area contributed by atoms with Crippen molar-refractivity contribution in [3.8, 4) is 21.7 Å². The molecule has 4 aromatic rings. The number of alkyl carbamates (subject to hydrolysis) is 1. The fourth-order valence-corrected chi connectivity index (χ4v) is 6.62. The van der Waals surface area contributed by atoms with Gasteiger partial charge in [-0.25, -0.2) is 9.78 Å². The van der Waals surface area contributed by atoms with Gasteiger partial charge in [0.25, 0.3) is 5.91 Å². The highest BCUT2D eigenvalue weighted by atomic mass is 32.1. The maximum atomic E-state index is 12.3. The number of carbonyl (C=O) groups is 2. The van der Waals surface area contributed by atoms with E-state index in [1.54, 1.807) is 24.5 Å². The summed E-state index contributed by atoms with van der Waals surface area (Å²) in [4.78, 5) is 44.8. The molecule has 0 spiro atoms. The van der Waals surface area contributed by atoms with Crippen LogP contribution in [0.2, 0.25) is 0 Å². The van der Waals surface area contributed by atoms with Crippen LogP contribution in [0.25, 0.3) is 27.0 Å². The van der Waals surface area contributed by atoms with Gasteiger partial charge in [0, 0.05) is 41.9 Å². The molecule has 5 N–H and O–H groups in total. The number of aromatic nitrogens is 4. The number of hydrogen-bond donors (Lipinski definition) is 4. The predicted molar refractivity (Wildman–Crippen MR) is 186 cm³/mol. The van der Waals surface area contributed by atoms with Crippen molar-refractivity contribution in [2.75, 3.05) is 64.2 Å². The first-order valence-electron chi connectivity index (χ1n) is 15.0. The Balaban J connectivity index is 1.03. The number of allylic oxidation sites excluding steroid dienone is 2. The number of likely N-dealkylation sites (N-methyl/N-ethyl adjacent to an activating group) is 1. The highest BCUT2D eigenvalue weighted by Gasteiger charge is 2.15. The number of amides is 2. The van der Waals surface area contributed by atoms with Gasteiger partial charge in [0.2, 0.25) is 11.8 Å². The first-order chi connectivity index (χ1) is 23.3. The fraction of sp³-hybridized carbons (Fsp3) is 0.312. The second-order valence-electron chi connectivity index (χ2n) is 10.6. The smallest absolute Gasteiger partial charge is 0.407 e. The molecule has 0 radical (unpaired) electrons. The molecule has 1 aliphatic carbocycles. The summed E-state index contributed by atoms with van der Waals surface area (Å²) >= 11 is 3.10. The Morgan fingerprint density at radius 3 is 2.69 bits per heavy atom. The summed E-state index contributed by atoms with van der Waals surface area (Å²) in [5.41, 5.74) is 9.02. The Morgan fingerprint density at radius 1 is 1.10 bits per heavy atom. The molecule has 4 heterocycles. The largest absolute Gasteiger partial charge is 0.471 e. The maximum absolute atomic E-state index is 12.3. The van der Waals surface area contributed by atoms with Crippen LogP contribution in [0.1, 0.15) is 17.7 Å². The van der Waals surface area contributed by atoms with E-state index in [0.29, 0.717) is 49.9 Å².